The summed E-state index contributed by atoms with van der Waals surface area (Å²) in [6.07, 6.45) is -0.787. The van der Waals surface area contributed by atoms with E-state index in [0.717, 1.165) is 4.47 Å². The summed E-state index contributed by atoms with van der Waals surface area (Å²) in [6.45, 7) is 1.76. The lowest BCUT2D eigenvalue weighted by Gasteiger charge is -2.05. The van der Waals surface area contributed by atoms with Crippen molar-refractivity contribution in [3.8, 4) is 5.88 Å². The van der Waals surface area contributed by atoms with E-state index in [1.165, 1.54) is 17.0 Å². The average Bonchev–Trinajstić information content (AvgIpc) is 2.82. The number of nitrogens with one attached hydrogen (secondary N) is 1. The predicted molar refractivity (Wildman–Crippen MR) is 78.7 cm³/mol. The number of aryl methyl sites for hydroxylation is 1. The highest BCUT2D eigenvalue weighted by Gasteiger charge is 2.12. The molecule has 1 N–H and O–H groups in total. The second-order valence-electron chi connectivity index (χ2n) is 3.50. The van der Waals surface area contributed by atoms with Crippen LogP contribution in [0.25, 0.3) is 0 Å². The Balaban J connectivity index is 2.04. The van der Waals surface area contributed by atoms with Gasteiger partial charge in [-0.3, -0.25) is 5.32 Å². The molecule has 0 bridgehead atoms. The Bertz CT molecular complexity index is 763. The number of carbonyl (C=O) groups is 1. The molecule has 0 saturated heterocycles. The molecule has 1 aliphatic rings. The van der Waals surface area contributed by atoms with Gasteiger partial charge in [-0.1, -0.05) is 0 Å². The molecule has 1 aromatic rings. The summed E-state index contributed by atoms with van der Waals surface area (Å²) in [5, 5.41) is 3.65. The van der Waals surface area contributed by atoms with E-state index in [0.29, 0.717) is 5.69 Å². The Kier molecular flexibility index (Phi) is 4.68. The first-order valence-corrected chi connectivity index (χ1v) is 8.89. The molecule has 2 rings (SSSR count). The first kappa shape index (κ1) is 14.9. The van der Waals surface area contributed by atoms with Gasteiger partial charge in [0.1, 0.15) is 5.82 Å². The van der Waals surface area contributed by atoms with E-state index >= 15 is 0 Å². The van der Waals surface area contributed by atoms with E-state index in [1.54, 1.807) is 13.0 Å². The van der Waals surface area contributed by atoms with Gasteiger partial charge in [0.15, 0.2) is 0 Å². The molecule has 0 aliphatic carbocycles. The number of ether oxygens (including phenoxy) is 1. The lowest BCUT2D eigenvalue weighted by atomic mass is 10.4. The molecule has 0 aromatic carbocycles. The monoisotopic (exact) mass is 377 g/mol. The zero-order valence-corrected chi connectivity index (χ0v) is 13.3. The SMILES string of the molecule is Cc1nc(OC(=O)NC2=CS(=S(=O)=O)C=N2)ccc1Br. The molecule has 1 atom stereocenters. The van der Waals surface area contributed by atoms with Gasteiger partial charge in [-0.15, -0.1) is 0 Å². The summed E-state index contributed by atoms with van der Waals surface area (Å²) >= 11 is 3.28. The zero-order chi connectivity index (χ0) is 14.7. The number of nitrogens with zero attached hydrogens (tertiary/aromatic N) is 2. The van der Waals surface area contributed by atoms with Crippen molar-refractivity contribution >= 4 is 46.3 Å². The first-order valence-electron chi connectivity index (χ1n) is 5.15. The fourth-order valence-corrected chi connectivity index (χ4v) is 3.06. The smallest absolute Gasteiger partial charge is 0.391 e. The largest absolute Gasteiger partial charge is 0.419 e. The number of hydrogen-bond acceptors (Lipinski definition) is 6. The van der Waals surface area contributed by atoms with Gasteiger partial charge in [0, 0.05) is 25.4 Å². The van der Waals surface area contributed by atoms with Gasteiger partial charge in [-0.25, -0.2) is 14.8 Å². The third-order valence-electron chi connectivity index (χ3n) is 2.10. The van der Waals surface area contributed by atoms with Gasteiger partial charge in [0.2, 0.25) is 15.1 Å². The van der Waals surface area contributed by atoms with Crippen molar-refractivity contribution in [2.75, 3.05) is 0 Å². The van der Waals surface area contributed by atoms with Crippen LogP contribution in [0, 0.1) is 6.92 Å². The second kappa shape index (κ2) is 6.29. The minimum atomic E-state index is -2.28. The van der Waals surface area contributed by atoms with Gasteiger partial charge in [0.25, 0.3) is 0 Å². The predicted octanol–water partition coefficient (Wildman–Crippen LogP) is 1.49. The van der Waals surface area contributed by atoms with Crippen molar-refractivity contribution in [1.29, 1.82) is 0 Å². The van der Waals surface area contributed by atoms with E-state index in [4.69, 9.17) is 4.74 Å². The molecule has 0 fully saturated rings. The maximum atomic E-state index is 11.6. The normalized spacial score (nSPS) is 16.7. The van der Waals surface area contributed by atoms with Crippen LogP contribution in [0.2, 0.25) is 0 Å². The Morgan fingerprint density at radius 3 is 2.80 bits per heavy atom. The summed E-state index contributed by atoms with van der Waals surface area (Å²) in [6, 6.07) is 3.23. The minimum absolute atomic E-state index is 0.136. The average molecular weight is 378 g/mol. The molecule has 20 heavy (non-hydrogen) atoms. The van der Waals surface area contributed by atoms with Crippen molar-refractivity contribution in [3.63, 3.8) is 0 Å². The molecule has 1 unspecified atom stereocenters. The van der Waals surface area contributed by atoms with Crippen LogP contribution in [0.4, 0.5) is 4.79 Å². The van der Waals surface area contributed by atoms with E-state index in [2.05, 4.69) is 31.2 Å². The number of halogens is 1. The van der Waals surface area contributed by atoms with Crippen LogP contribution in [-0.2, 0) is 18.7 Å². The topological polar surface area (TPSA) is 97.7 Å². The quantitative estimate of drug-likeness (QED) is 0.841. The van der Waals surface area contributed by atoms with Crippen molar-refractivity contribution in [1.82, 2.24) is 10.3 Å². The molecule has 0 radical (unpaired) electrons. The van der Waals surface area contributed by atoms with E-state index < -0.39 is 24.8 Å². The molecular formula is C10H8BrN3O4S2. The third-order valence-corrected chi connectivity index (χ3v) is 5.51. The van der Waals surface area contributed by atoms with E-state index in [1.807, 2.05) is 0 Å². The maximum absolute atomic E-state index is 11.6. The van der Waals surface area contributed by atoms with Crippen molar-refractivity contribution in [2.45, 2.75) is 6.92 Å². The van der Waals surface area contributed by atoms with Crippen molar-refractivity contribution < 1.29 is 17.9 Å². The fraction of sp³-hybridized carbons (Fsp3) is 0.100. The van der Waals surface area contributed by atoms with Crippen LogP contribution in [0.5, 0.6) is 5.88 Å². The number of carbonyl (C=O) groups excluding carboxylic acids is 1. The lowest BCUT2D eigenvalue weighted by molar-refractivity contribution is 0.201. The highest BCUT2D eigenvalue weighted by atomic mass is 79.9. The number of aliphatic imine (C=N–C) groups is 1. The maximum Gasteiger partial charge on any atom is 0.419 e. The first-order chi connectivity index (χ1) is 9.45. The van der Waals surface area contributed by atoms with Crippen LogP contribution in [0.15, 0.2) is 32.8 Å². The third kappa shape index (κ3) is 3.74. The summed E-state index contributed by atoms with van der Waals surface area (Å²) < 4.78 is 27.2. The molecule has 1 aliphatic heterocycles. The summed E-state index contributed by atoms with van der Waals surface area (Å²) in [7, 11) is -3.39. The zero-order valence-electron chi connectivity index (χ0n) is 10.0. The van der Waals surface area contributed by atoms with Gasteiger partial charge >= 0.3 is 6.09 Å². The fourth-order valence-electron chi connectivity index (χ4n) is 1.22. The molecule has 7 nitrogen and oxygen atoms in total. The Morgan fingerprint density at radius 2 is 2.20 bits per heavy atom. The van der Waals surface area contributed by atoms with Gasteiger partial charge in [0.05, 0.1) is 11.2 Å². The number of hydrogen-bond donors (Lipinski definition) is 1. The molecule has 106 valence electrons. The highest BCUT2D eigenvalue weighted by molar-refractivity contribution is 9.10. The molecule has 1 amide bonds. The van der Waals surface area contributed by atoms with E-state index in [9.17, 15) is 13.2 Å². The van der Waals surface area contributed by atoms with Crippen molar-refractivity contribution in [2.24, 2.45) is 4.99 Å². The van der Waals surface area contributed by atoms with Crippen LogP contribution in [-0.4, -0.2) is 25.0 Å². The van der Waals surface area contributed by atoms with Crippen LogP contribution < -0.4 is 10.1 Å². The Labute approximate surface area is 126 Å². The molecule has 2 heterocycles. The van der Waals surface area contributed by atoms with Gasteiger partial charge in [-0.2, -0.15) is 8.42 Å². The second-order valence-corrected chi connectivity index (χ2v) is 7.84. The van der Waals surface area contributed by atoms with Crippen LogP contribution >= 0.6 is 15.9 Å². The summed E-state index contributed by atoms with van der Waals surface area (Å²) in [4.78, 5) is 19.4. The summed E-state index contributed by atoms with van der Waals surface area (Å²) in [5.41, 5.74) is 1.91. The number of amides is 1. The number of pyridine rings is 1. The molecular weight excluding hydrogens is 370 g/mol. The van der Waals surface area contributed by atoms with Crippen molar-refractivity contribution in [3.05, 3.63) is 33.5 Å². The standard InChI is InChI=1S/C10H8BrN3O4S2/c1-6-7(11)2-3-9(13-6)18-10(15)14-8-4-19(5-12-8)20(16)17/h2-5H,1H3,(H,14,15). The van der Waals surface area contributed by atoms with E-state index in [-0.39, 0.29) is 11.7 Å². The molecule has 10 heteroatoms. The van der Waals surface area contributed by atoms with Crippen LogP contribution in [0.3, 0.4) is 0 Å². The Hall–Kier alpha value is -1.52. The molecule has 0 spiro atoms. The molecule has 0 saturated carbocycles. The molecule has 1 aromatic heterocycles. The highest BCUT2D eigenvalue weighted by Crippen LogP contribution is 2.17. The van der Waals surface area contributed by atoms with Crippen LogP contribution in [0.1, 0.15) is 5.69 Å². The lowest BCUT2D eigenvalue weighted by Crippen LogP contribution is -2.25. The van der Waals surface area contributed by atoms with Gasteiger partial charge < -0.3 is 4.74 Å². The minimum Gasteiger partial charge on any atom is -0.391 e. The number of rotatable bonds is 2. The summed E-state index contributed by atoms with van der Waals surface area (Å²) in [5.74, 6) is 0.272. The Morgan fingerprint density at radius 1 is 1.45 bits per heavy atom. The van der Waals surface area contributed by atoms with Gasteiger partial charge in [-0.05, 0) is 28.9 Å². The number of aromatic nitrogens is 1.